The van der Waals surface area contributed by atoms with E-state index in [2.05, 4.69) is 18.7 Å². The second-order valence-corrected chi connectivity index (χ2v) is 5.35. The number of rotatable bonds is 3. The van der Waals surface area contributed by atoms with Crippen LogP contribution in [-0.2, 0) is 6.54 Å². The Balaban J connectivity index is 2.11. The molecule has 0 aromatic heterocycles. The third kappa shape index (κ3) is 2.75. The van der Waals surface area contributed by atoms with E-state index in [1.54, 1.807) is 6.07 Å². The van der Waals surface area contributed by atoms with Gasteiger partial charge in [-0.25, -0.2) is 0 Å². The number of halogens is 1. The molecule has 0 radical (unpaired) electrons. The minimum absolute atomic E-state index is 0.164. The molecule has 2 nitrogen and oxygen atoms in total. The van der Waals surface area contributed by atoms with Gasteiger partial charge in [0, 0.05) is 18.6 Å². The van der Waals surface area contributed by atoms with Crippen molar-refractivity contribution in [3.05, 3.63) is 28.8 Å². The third-order valence-electron chi connectivity index (χ3n) is 3.80. The van der Waals surface area contributed by atoms with Gasteiger partial charge in [-0.15, -0.1) is 0 Å². The van der Waals surface area contributed by atoms with E-state index in [4.69, 9.17) is 11.6 Å². The SMILES string of the molecule is CCC1CCC(C)N1Cc1ccc(O)c(Cl)c1. The molecule has 0 saturated carbocycles. The van der Waals surface area contributed by atoms with E-state index in [0.717, 1.165) is 6.54 Å². The first kappa shape index (κ1) is 12.7. The Kier molecular flexibility index (Phi) is 3.95. The van der Waals surface area contributed by atoms with Gasteiger partial charge in [-0.3, -0.25) is 4.90 Å². The van der Waals surface area contributed by atoms with Crippen molar-refractivity contribution in [1.82, 2.24) is 4.90 Å². The van der Waals surface area contributed by atoms with Crippen LogP contribution in [0.1, 0.15) is 38.7 Å². The van der Waals surface area contributed by atoms with Crippen molar-refractivity contribution < 1.29 is 5.11 Å². The minimum atomic E-state index is 0.164. The number of benzene rings is 1. The lowest BCUT2D eigenvalue weighted by Crippen LogP contribution is -2.33. The quantitative estimate of drug-likeness (QED) is 0.886. The largest absolute Gasteiger partial charge is 0.506 e. The number of phenolic OH excluding ortho intramolecular Hbond substituents is 1. The summed E-state index contributed by atoms with van der Waals surface area (Å²) in [5, 5.41) is 9.86. The first-order valence-electron chi connectivity index (χ1n) is 6.35. The van der Waals surface area contributed by atoms with E-state index in [9.17, 15) is 5.11 Å². The van der Waals surface area contributed by atoms with Crippen LogP contribution in [-0.4, -0.2) is 22.1 Å². The number of nitrogens with zero attached hydrogens (tertiary/aromatic N) is 1. The molecule has 1 saturated heterocycles. The molecule has 2 unspecified atom stereocenters. The number of likely N-dealkylation sites (tertiary alicyclic amines) is 1. The molecule has 17 heavy (non-hydrogen) atoms. The van der Waals surface area contributed by atoms with Gasteiger partial charge in [-0.2, -0.15) is 0 Å². The zero-order valence-corrected chi connectivity index (χ0v) is 11.2. The smallest absolute Gasteiger partial charge is 0.134 e. The highest BCUT2D eigenvalue weighted by molar-refractivity contribution is 6.32. The lowest BCUT2D eigenvalue weighted by atomic mass is 10.1. The summed E-state index contributed by atoms with van der Waals surface area (Å²) in [7, 11) is 0. The minimum Gasteiger partial charge on any atom is -0.506 e. The summed E-state index contributed by atoms with van der Waals surface area (Å²) in [6, 6.07) is 6.84. The Morgan fingerprint density at radius 2 is 2.18 bits per heavy atom. The summed E-state index contributed by atoms with van der Waals surface area (Å²) >= 11 is 5.94. The number of hydrogen-bond acceptors (Lipinski definition) is 2. The zero-order chi connectivity index (χ0) is 12.4. The Labute approximate surface area is 108 Å². The first-order chi connectivity index (χ1) is 8.11. The van der Waals surface area contributed by atoms with Crippen LogP contribution in [0.5, 0.6) is 5.75 Å². The normalized spacial score (nSPS) is 25.4. The van der Waals surface area contributed by atoms with Crippen LogP contribution >= 0.6 is 11.6 Å². The van der Waals surface area contributed by atoms with Crippen molar-refractivity contribution in [3.8, 4) is 5.75 Å². The molecule has 0 spiro atoms. The van der Waals surface area contributed by atoms with Gasteiger partial charge in [0.1, 0.15) is 5.75 Å². The Morgan fingerprint density at radius 1 is 1.41 bits per heavy atom. The lowest BCUT2D eigenvalue weighted by Gasteiger charge is -2.27. The summed E-state index contributed by atoms with van der Waals surface area (Å²) in [5.41, 5.74) is 1.18. The van der Waals surface area contributed by atoms with Gasteiger partial charge in [0.25, 0.3) is 0 Å². The Bertz CT molecular complexity index is 394. The Hall–Kier alpha value is -0.730. The predicted octanol–water partition coefficient (Wildman–Crippen LogP) is 3.81. The molecule has 0 amide bonds. The molecule has 1 fully saturated rings. The third-order valence-corrected chi connectivity index (χ3v) is 4.10. The highest BCUT2D eigenvalue weighted by Crippen LogP contribution is 2.30. The van der Waals surface area contributed by atoms with Gasteiger partial charge >= 0.3 is 0 Å². The summed E-state index contributed by atoms with van der Waals surface area (Å²) in [5.74, 6) is 0.164. The van der Waals surface area contributed by atoms with Crippen molar-refractivity contribution >= 4 is 11.6 Å². The van der Waals surface area contributed by atoms with Crippen LogP contribution in [0.25, 0.3) is 0 Å². The predicted molar refractivity (Wildman–Crippen MR) is 71.4 cm³/mol. The van der Waals surface area contributed by atoms with Crippen molar-refractivity contribution in [3.63, 3.8) is 0 Å². The van der Waals surface area contributed by atoms with Crippen LogP contribution in [0.4, 0.5) is 0 Å². The summed E-state index contributed by atoms with van der Waals surface area (Å²) < 4.78 is 0. The molecular formula is C14H20ClNO. The van der Waals surface area contributed by atoms with Gasteiger partial charge in [0.05, 0.1) is 5.02 Å². The maximum atomic E-state index is 9.41. The molecule has 1 aliphatic heterocycles. The first-order valence-corrected chi connectivity index (χ1v) is 6.72. The molecule has 1 aliphatic rings. The molecule has 1 heterocycles. The van der Waals surface area contributed by atoms with Crippen molar-refractivity contribution in [1.29, 1.82) is 0 Å². The second kappa shape index (κ2) is 5.28. The van der Waals surface area contributed by atoms with Gasteiger partial charge in [0.2, 0.25) is 0 Å². The average molecular weight is 254 g/mol. The summed E-state index contributed by atoms with van der Waals surface area (Å²) in [6.07, 6.45) is 3.78. The lowest BCUT2D eigenvalue weighted by molar-refractivity contribution is 0.189. The van der Waals surface area contributed by atoms with Crippen LogP contribution in [0.15, 0.2) is 18.2 Å². The van der Waals surface area contributed by atoms with E-state index in [1.165, 1.54) is 24.8 Å². The fourth-order valence-corrected chi connectivity index (χ4v) is 2.91. The molecule has 2 atom stereocenters. The zero-order valence-electron chi connectivity index (χ0n) is 10.5. The molecule has 94 valence electrons. The summed E-state index contributed by atoms with van der Waals surface area (Å²) in [4.78, 5) is 2.54. The number of aromatic hydroxyl groups is 1. The molecule has 1 aromatic rings. The van der Waals surface area contributed by atoms with E-state index >= 15 is 0 Å². The molecular weight excluding hydrogens is 234 g/mol. The van der Waals surface area contributed by atoms with E-state index in [0.29, 0.717) is 17.1 Å². The standard InChI is InChI=1S/C14H20ClNO/c1-3-12-6-4-10(2)16(12)9-11-5-7-14(17)13(15)8-11/h5,7-8,10,12,17H,3-4,6,9H2,1-2H3. The second-order valence-electron chi connectivity index (χ2n) is 4.95. The molecule has 3 heteroatoms. The average Bonchev–Trinajstić information content (AvgIpc) is 2.65. The highest BCUT2D eigenvalue weighted by atomic mass is 35.5. The van der Waals surface area contributed by atoms with E-state index < -0.39 is 0 Å². The molecule has 1 N–H and O–H groups in total. The summed E-state index contributed by atoms with van der Waals surface area (Å²) in [6.45, 7) is 5.47. The van der Waals surface area contributed by atoms with Gasteiger partial charge in [-0.1, -0.05) is 24.6 Å². The van der Waals surface area contributed by atoms with Crippen molar-refractivity contribution in [2.24, 2.45) is 0 Å². The maximum absolute atomic E-state index is 9.41. The van der Waals surface area contributed by atoms with Crippen molar-refractivity contribution in [2.75, 3.05) is 0 Å². The van der Waals surface area contributed by atoms with Gasteiger partial charge < -0.3 is 5.11 Å². The van der Waals surface area contributed by atoms with Gasteiger partial charge in [0.15, 0.2) is 0 Å². The van der Waals surface area contributed by atoms with Gasteiger partial charge in [-0.05, 0) is 43.9 Å². The van der Waals surface area contributed by atoms with Crippen LogP contribution in [0.3, 0.4) is 0 Å². The van der Waals surface area contributed by atoms with E-state index in [1.807, 2.05) is 12.1 Å². The van der Waals surface area contributed by atoms with E-state index in [-0.39, 0.29) is 5.75 Å². The molecule has 2 rings (SSSR count). The number of phenols is 1. The van der Waals surface area contributed by atoms with Crippen LogP contribution in [0.2, 0.25) is 5.02 Å². The molecule has 0 aliphatic carbocycles. The Morgan fingerprint density at radius 3 is 2.82 bits per heavy atom. The maximum Gasteiger partial charge on any atom is 0.134 e. The fraction of sp³-hybridized carbons (Fsp3) is 0.571. The molecule has 0 bridgehead atoms. The molecule has 1 aromatic carbocycles. The number of hydrogen-bond donors (Lipinski definition) is 1. The highest BCUT2D eigenvalue weighted by Gasteiger charge is 2.28. The van der Waals surface area contributed by atoms with Crippen LogP contribution < -0.4 is 0 Å². The fourth-order valence-electron chi connectivity index (χ4n) is 2.71. The topological polar surface area (TPSA) is 23.5 Å². The van der Waals surface area contributed by atoms with Crippen LogP contribution in [0, 0.1) is 0 Å². The monoisotopic (exact) mass is 253 g/mol. The van der Waals surface area contributed by atoms with Crippen molar-refractivity contribution in [2.45, 2.75) is 51.7 Å².